The van der Waals surface area contributed by atoms with Crippen molar-refractivity contribution in [3.8, 4) is 5.69 Å². The van der Waals surface area contributed by atoms with Gasteiger partial charge in [-0.15, -0.1) is 0 Å². The number of rotatable bonds is 3. The Balaban J connectivity index is 1.77. The summed E-state index contributed by atoms with van der Waals surface area (Å²) in [6.45, 7) is 1.82. The summed E-state index contributed by atoms with van der Waals surface area (Å²) in [6.07, 6.45) is 0. The molecule has 0 fully saturated rings. The highest BCUT2D eigenvalue weighted by Crippen LogP contribution is 2.20. The molecule has 1 amide bonds. The molecule has 0 unspecified atom stereocenters. The minimum absolute atomic E-state index is 0.255. The largest absolute Gasteiger partial charge is 0.316 e. The zero-order chi connectivity index (χ0) is 19.0. The van der Waals surface area contributed by atoms with Crippen molar-refractivity contribution >= 4 is 22.4 Å². The van der Waals surface area contributed by atoms with Crippen molar-refractivity contribution in [1.29, 1.82) is 0 Å². The first kappa shape index (κ1) is 16.8. The number of anilines is 1. The second-order valence-electron chi connectivity index (χ2n) is 6.42. The quantitative estimate of drug-likeness (QED) is 0.605. The third-order valence-electron chi connectivity index (χ3n) is 4.83. The number of hydrogen-bond donors (Lipinski definition) is 1. The van der Waals surface area contributed by atoms with Crippen molar-refractivity contribution in [2.45, 2.75) is 6.92 Å². The highest BCUT2D eigenvalue weighted by molar-refractivity contribution is 6.13. The van der Waals surface area contributed by atoms with E-state index in [1.54, 1.807) is 22.5 Å². The summed E-state index contributed by atoms with van der Waals surface area (Å²) < 4.78 is 3.30. The van der Waals surface area contributed by atoms with Gasteiger partial charge in [0.05, 0.1) is 11.4 Å². The van der Waals surface area contributed by atoms with E-state index in [4.69, 9.17) is 0 Å². The van der Waals surface area contributed by atoms with Gasteiger partial charge in [0.2, 0.25) is 0 Å². The van der Waals surface area contributed by atoms with Crippen LogP contribution in [0, 0.1) is 6.92 Å². The van der Waals surface area contributed by atoms with Gasteiger partial charge < -0.3 is 5.32 Å². The minimum atomic E-state index is -0.294. The van der Waals surface area contributed by atoms with Gasteiger partial charge in [-0.2, -0.15) is 0 Å². The summed E-state index contributed by atoms with van der Waals surface area (Å²) >= 11 is 0. The third kappa shape index (κ3) is 2.83. The van der Waals surface area contributed by atoms with Crippen LogP contribution in [0.25, 0.3) is 16.5 Å². The van der Waals surface area contributed by atoms with Crippen LogP contribution < -0.4 is 10.9 Å². The standard InChI is InChI=1S/C22H19N3O2/c1-15-20(22(27)25(24(15)2)17-11-4-3-5-12-17)23-21(26)19-14-8-10-16-9-6-7-13-18(16)19/h3-14H,1-2H3,(H,23,26). The van der Waals surface area contributed by atoms with Crippen molar-refractivity contribution in [1.82, 2.24) is 9.36 Å². The van der Waals surface area contributed by atoms with Crippen LogP contribution in [0.2, 0.25) is 0 Å². The topological polar surface area (TPSA) is 56.0 Å². The van der Waals surface area contributed by atoms with Crippen LogP contribution in [-0.2, 0) is 7.05 Å². The molecule has 0 spiro atoms. The Labute approximate surface area is 156 Å². The molecule has 27 heavy (non-hydrogen) atoms. The van der Waals surface area contributed by atoms with E-state index in [2.05, 4.69) is 5.32 Å². The van der Waals surface area contributed by atoms with Crippen molar-refractivity contribution in [3.05, 3.63) is 94.4 Å². The van der Waals surface area contributed by atoms with Gasteiger partial charge in [-0.1, -0.05) is 54.6 Å². The van der Waals surface area contributed by atoms with Crippen molar-refractivity contribution in [3.63, 3.8) is 0 Å². The summed E-state index contributed by atoms with van der Waals surface area (Å²) in [5.41, 5.74) is 2.02. The molecule has 0 bridgehead atoms. The van der Waals surface area contributed by atoms with Crippen LogP contribution >= 0.6 is 0 Å². The summed E-state index contributed by atoms with van der Waals surface area (Å²) in [4.78, 5) is 25.9. The number of aromatic nitrogens is 2. The molecule has 1 N–H and O–H groups in total. The first-order valence-electron chi connectivity index (χ1n) is 8.71. The second kappa shape index (κ2) is 6.61. The highest BCUT2D eigenvalue weighted by atomic mass is 16.2. The lowest BCUT2D eigenvalue weighted by Gasteiger charge is -2.07. The van der Waals surface area contributed by atoms with E-state index in [1.807, 2.05) is 73.7 Å². The Morgan fingerprint density at radius 2 is 1.56 bits per heavy atom. The summed E-state index contributed by atoms with van der Waals surface area (Å²) in [7, 11) is 1.80. The molecule has 0 aliphatic heterocycles. The number of benzene rings is 3. The van der Waals surface area contributed by atoms with Gasteiger partial charge >= 0.3 is 0 Å². The molecular weight excluding hydrogens is 338 g/mol. The van der Waals surface area contributed by atoms with E-state index in [-0.39, 0.29) is 11.5 Å². The maximum atomic E-state index is 13.0. The first-order valence-corrected chi connectivity index (χ1v) is 8.71. The minimum Gasteiger partial charge on any atom is -0.316 e. The Morgan fingerprint density at radius 1 is 0.889 bits per heavy atom. The number of nitrogens with zero attached hydrogens (tertiary/aromatic N) is 2. The lowest BCUT2D eigenvalue weighted by Crippen LogP contribution is -2.23. The molecule has 0 aliphatic carbocycles. The molecule has 5 heteroatoms. The summed E-state index contributed by atoms with van der Waals surface area (Å²) in [5.74, 6) is -0.294. The molecule has 0 saturated heterocycles. The van der Waals surface area contributed by atoms with Crippen molar-refractivity contribution < 1.29 is 4.79 Å². The Morgan fingerprint density at radius 3 is 2.33 bits per heavy atom. The maximum Gasteiger partial charge on any atom is 0.295 e. The lowest BCUT2D eigenvalue weighted by molar-refractivity contribution is 0.102. The maximum absolute atomic E-state index is 13.0. The predicted octanol–water partition coefficient (Wildman–Crippen LogP) is 3.89. The van der Waals surface area contributed by atoms with Crippen LogP contribution in [0.1, 0.15) is 16.1 Å². The average Bonchev–Trinajstić information content (AvgIpc) is 2.91. The highest BCUT2D eigenvalue weighted by Gasteiger charge is 2.19. The zero-order valence-electron chi connectivity index (χ0n) is 15.1. The fourth-order valence-corrected chi connectivity index (χ4v) is 3.32. The third-order valence-corrected chi connectivity index (χ3v) is 4.83. The van der Waals surface area contributed by atoms with Crippen LogP contribution in [0.3, 0.4) is 0 Å². The van der Waals surface area contributed by atoms with Crippen LogP contribution in [0.4, 0.5) is 5.69 Å². The number of amides is 1. The van der Waals surface area contributed by atoms with E-state index in [1.165, 1.54) is 0 Å². The Hall–Kier alpha value is -3.60. The van der Waals surface area contributed by atoms with Crippen molar-refractivity contribution in [2.75, 3.05) is 5.32 Å². The summed E-state index contributed by atoms with van der Waals surface area (Å²) in [6, 6.07) is 22.6. The molecular formula is C22H19N3O2. The molecule has 0 saturated carbocycles. The van der Waals surface area contributed by atoms with Gasteiger partial charge in [-0.05, 0) is 35.9 Å². The van der Waals surface area contributed by atoms with Gasteiger partial charge in [0.1, 0.15) is 5.69 Å². The second-order valence-corrected chi connectivity index (χ2v) is 6.42. The van der Waals surface area contributed by atoms with E-state index in [9.17, 15) is 9.59 Å². The molecule has 3 aromatic carbocycles. The number of carbonyl (C=O) groups excluding carboxylic acids is 1. The molecule has 1 aromatic heterocycles. The fraction of sp³-hybridized carbons (Fsp3) is 0.0909. The van der Waals surface area contributed by atoms with Crippen LogP contribution in [-0.4, -0.2) is 15.3 Å². The number of para-hydroxylation sites is 1. The molecule has 4 aromatic rings. The van der Waals surface area contributed by atoms with E-state index in [0.29, 0.717) is 16.9 Å². The molecule has 134 valence electrons. The van der Waals surface area contributed by atoms with E-state index < -0.39 is 0 Å². The monoisotopic (exact) mass is 357 g/mol. The van der Waals surface area contributed by atoms with Crippen LogP contribution in [0.15, 0.2) is 77.6 Å². The van der Waals surface area contributed by atoms with Crippen LogP contribution in [0.5, 0.6) is 0 Å². The smallest absolute Gasteiger partial charge is 0.295 e. The molecule has 1 heterocycles. The number of hydrogen-bond acceptors (Lipinski definition) is 2. The summed E-state index contributed by atoms with van der Waals surface area (Å²) in [5, 5.41) is 4.66. The fourth-order valence-electron chi connectivity index (χ4n) is 3.32. The number of nitrogens with one attached hydrogen (secondary N) is 1. The SMILES string of the molecule is Cc1c(NC(=O)c2cccc3ccccc23)c(=O)n(-c2ccccc2)n1C. The van der Waals surface area contributed by atoms with E-state index >= 15 is 0 Å². The predicted molar refractivity (Wildman–Crippen MR) is 108 cm³/mol. The Bertz CT molecular complexity index is 1200. The van der Waals surface area contributed by atoms with Gasteiger partial charge in [0, 0.05) is 12.6 Å². The molecule has 0 atom stereocenters. The van der Waals surface area contributed by atoms with Crippen molar-refractivity contribution in [2.24, 2.45) is 7.05 Å². The molecule has 5 nitrogen and oxygen atoms in total. The number of fused-ring (bicyclic) bond motifs is 1. The lowest BCUT2D eigenvalue weighted by atomic mass is 10.0. The average molecular weight is 357 g/mol. The first-order chi connectivity index (χ1) is 13.1. The van der Waals surface area contributed by atoms with Gasteiger partial charge in [0.15, 0.2) is 0 Å². The van der Waals surface area contributed by atoms with Gasteiger partial charge in [-0.25, -0.2) is 4.68 Å². The van der Waals surface area contributed by atoms with E-state index in [0.717, 1.165) is 16.5 Å². The van der Waals surface area contributed by atoms with Gasteiger partial charge in [-0.3, -0.25) is 14.3 Å². The molecule has 0 radical (unpaired) electrons. The Kier molecular flexibility index (Phi) is 4.12. The number of carbonyl (C=O) groups is 1. The molecule has 0 aliphatic rings. The molecule has 4 rings (SSSR count). The zero-order valence-corrected chi connectivity index (χ0v) is 15.1. The van der Waals surface area contributed by atoms with Gasteiger partial charge in [0.25, 0.3) is 11.5 Å². The normalized spacial score (nSPS) is 10.9.